The molecule has 2 atom stereocenters. The lowest BCUT2D eigenvalue weighted by atomic mass is 9.92. The second-order valence-corrected chi connectivity index (χ2v) is 11.5. The number of nitriles is 1. The fourth-order valence-electron chi connectivity index (χ4n) is 7.29. The molecule has 9 rings (SSSR count). The summed E-state index contributed by atoms with van der Waals surface area (Å²) in [6.45, 7) is 0.991. The highest BCUT2D eigenvalue weighted by Crippen LogP contribution is 2.42. The molecule has 3 aliphatic rings. The topological polar surface area (TPSA) is 55.6 Å². The van der Waals surface area contributed by atoms with E-state index in [0.29, 0.717) is 6.04 Å². The van der Waals surface area contributed by atoms with Crippen LogP contribution in [0.4, 0.5) is 0 Å². The van der Waals surface area contributed by atoms with Gasteiger partial charge >= 0.3 is 0 Å². The number of nitrogens with one attached hydrogen (secondary N) is 1. The van der Waals surface area contributed by atoms with Crippen LogP contribution in [0.2, 0.25) is 0 Å². The Balaban J connectivity index is 1.39. The number of aromatic nitrogens is 2. The highest BCUT2D eigenvalue weighted by atomic mass is 15.1. The molecule has 1 fully saturated rings. The number of hydrogen-bond acceptors (Lipinski definition) is 2. The Hall–Kier alpha value is -4.85. The summed E-state index contributed by atoms with van der Waals surface area (Å²) in [6, 6.07) is 31.9. The van der Waals surface area contributed by atoms with E-state index in [-0.39, 0.29) is 5.92 Å². The summed E-state index contributed by atoms with van der Waals surface area (Å²) in [7, 11) is 0. The van der Waals surface area contributed by atoms with Gasteiger partial charge in [-0.25, -0.2) is 0 Å². The first-order valence-corrected chi connectivity index (χ1v) is 14.6. The van der Waals surface area contributed by atoms with E-state index in [0.717, 1.165) is 25.8 Å². The second kappa shape index (κ2) is 8.57. The normalized spacial score (nSPS) is 19.9. The zero-order chi connectivity index (χ0) is 27.1. The van der Waals surface area contributed by atoms with Gasteiger partial charge < -0.3 is 14.5 Å². The molecule has 4 aromatic carbocycles. The Morgan fingerprint density at radius 2 is 1.61 bits per heavy atom. The van der Waals surface area contributed by atoms with Crippen molar-refractivity contribution in [1.82, 2.24) is 14.5 Å². The van der Waals surface area contributed by atoms with Gasteiger partial charge in [-0.1, -0.05) is 72.8 Å². The van der Waals surface area contributed by atoms with Crippen molar-refractivity contribution in [3.05, 3.63) is 114 Å². The van der Waals surface area contributed by atoms with Crippen LogP contribution in [-0.4, -0.2) is 21.7 Å². The predicted molar refractivity (Wildman–Crippen MR) is 169 cm³/mol. The molecule has 1 aliphatic heterocycles. The predicted octanol–water partition coefficient (Wildman–Crippen LogP) is 8.13. The van der Waals surface area contributed by atoms with Crippen LogP contribution in [0.1, 0.15) is 24.1 Å². The van der Waals surface area contributed by atoms with Crippen LogP contribution in [0.5, 0.6) is 0 Å². The van der Waals surface area contributed by atoms with Gasteiger partial charge in [0.2, 0.25) is 0 Å². The number of nitrogens with zero attached hydrogens (tertiary/aromatic N) is 3. The highest BCUT2D eigenvalue weighted by Gasteiger charge is 2.31. The fraction of sp³-hybridized carbons (Fsp3) is 0.162. The molecule has 0 radical (unpaired) electrons. The minimum absolute atomic E-state index is 0.120. The van der Waals surface area contributed by atoms with Crippen molar-refractivity contribution < 1.29 is 0 Å². The molecule has 0 spiro atoms. The largest absolute Gasteiger partial charge is 0.313 e. The Morgan fingerprint density at radius 3 is 2.49 bits per heavy atom. The van der Waals surface area contributed by atoms with Gasteiger partial charge in [-0.05, 0) is 59.5 Å². The second-order valence-electron chi connectivity index (χ2n) is 11.5. The van der Waals surface area contributed by atoms with Crippen molar-refractivity contribution in [3.8, 4) is 11.8 Å². The molecular weight excluding hydrogens is 500 g/mol. The Kier molecular flexibility index (Phi) is 4.79. The smallest absolute Gasteiger partial charge is 0.0701 e. The number of para-hydroxylation sites is 1. The molecule has 41 heavy (non-hydrogen) atoms. The van der Waals surface area contributed by atoms with E-state index in [1.165, 1.54) is 71.7 Å². The van der Waals surface area contributed by atoms with Gasteiger partial charge in [-0.2, -0.15) is 5.26 Å². The van der Waals surface area contributed by atoms with Crippen LogP contribution < -0.4 is 5.32 Å². The van der Waals surface area contributed by atoms with Crippen LogP contribution in [-0.2, 0) is 6.42 Å². The molecular formula is C37H28N4. The van der Waals surface area contributed by atoms with E-state index in [1.807, 2.05) is 0 Å². The summed E-state index contributed by atoms with van der Waals surface area (Å²) in [5.74, 6) is -0.120. The van der Waals surface area contributed by atoms with E-state index in [2.05, 4.69) is 124 Å². The first kappa shape index (κ1) is 22.9. The van der Waals surface area contributed by atoms with Gasteiger partial charge in [0.05, 0.1) is 28.5 Å². The zero-order valence-corrected chi connectivity index (χ0v) is 22.6. The molecule has 6 aromatic rings. The molecule has 0 saturated carbocycles. The molecule has 0 bridgehead atoms. The van der Waals surface area contributed by atoms with Crippen molar-refractivity contribution in [2.45, 2.75) is 25.3 Å². The van der Waals surface area contributed by atoms with Crippen molar-refractivity contribution in [1.29, 1.82) is 5.26 Å². The molecule has 0 amide bonds. The van der Waals surface area contributed by atoms with Gasteiger partial charge in [0.25, 0.3) is 0 Å². The quantitative estimate of drug-likeness (QED) is 0.236. The third kappa shape index (κ3) is 3.30. The molecule has 2 aliphatic carbocycles. The van der Waals surface area contributed by atoms with Crippen molar-refractivity contribution in [3.63, 3.8) is 0 Å². The van der Waals surface area contributed by atoms with Gasteiger partial charge in [-0.15, -0.1) is 0 Å². The maximum absolute atomic E-state index is 9.88. The molecule has 4 heteroatoms. The molecule has 1 saturated heterocycles. The minimum Gasteiger partial charge on any atom is -0.313 e. The standard InChI is InChI=1S/C37H28N4/c38-21-23-13-16-29(31-22-39-31)36(19-23)41-34-18-15-25(20-30(34)37-26-8-2-1-7-24(26)14-17-35(37)41)40-32-11-5-3-9-27(32)28-10-4-6-12-33(28)40/h1-5,7-11,13-18,20,23,31,39H,6,12,19,22H2. The summed E-state index contributed by atoms with van der Waals surface area (Å²) in [5, 5.41) is 19.8. The number of hydrogen-bond donors (Lipinski definition) is 1. The van der Waals surface area contributed by atoms with Crippen LogP contribution in [0, 0.1) is 17.2 Å². The van der Waals surface area contributed by atoms with Gasteiger partial charge in [0.15, 0.2) is 0 Å². The van der Waals surface area contributed by atoms with E-state index in [9.17, 15) is 5.26 Å². The number of fused-ring (bicyclic) bond motifs is 8. The number of benzene rings is 4. The van der Waals surface area contributed by atoms with Crippen LogP contribution >= 0.6 is 0 Å². The third-order valence-corrected chi connectivity index (χ3v) is 9.22. The van der Waals surface area contributed by atoms with Crippen molar-refractivity contribution >= 4 is 55.3 Å². The number of allylic oxidation sites excluding steroid dienone is 3. The average Bonchev–Trinajstić information content (AvgIpc) is 3.75. The van der Waals surface area contributed by atoms with E-state index in [1.54, 1.807) is 0 Å². The maximum Gasteiger partial charge on any atom is 0.0701 e. The summed E-state index contributed by atoms with van der Waals surface area (Å²) in [6.07, 6.45) is 11.7. The summed E-state index contributed by atoms with van der Waals surface area (Å²) < 4.78 is 4.94. The third-order valence-electron chi connectivity index (χ3n) is 9.22. The minimum atomic E-state index is -0.120. The maximum atomic E-state index is 9.88. The number of rotatable bonds is 3. The lowest BCUT2D eigenvalue weighted by Gasteiger charge is -2.21. The Labute approximate surface area is 238 Å². The SMILES string of the molecule is N#CC1C=CC(C2CN2)=C(n2c3ccc(-n4c5c(c6ccccc64)C=CCC5)cc3c3c4ccccc4ccc32)C1. The highest BCUT2D eigenvalue weighted by molar-refractivity contribution is 6.22. The Morgan fingerprint density at radius 1 is 0.805 bits per heavy atom. The summed E-state index contributed by atoms with van der Waals surface area (Å²) >= 11 is 0. The first-order valence-electron chi connectivity index (χ1n) is 14.6. The van der Waals surface area contributed by atoms with E-state index >= 15 is 0 Å². The molecule has 3 heterocycles. The van der Waals surface area contributed by atoms with Crippen LogP contribution in [0.25, 0.3) is 60.9 Å². The summed E-state index contributed by atoms with van der Waals surface area (Å²) in [4.78, 5) is 0. The Bertz CT molecular complexity index is 2210. The zero-order valence-electron chi connectivity index (χ0n) is 22.6. The lowest BCUT2D eigenvalue weighted by molar-refractivity contribution is 0.806. The fourth-order valence-corrected chi connectivity index (χ4v) is 7.29. The lowest BCUT2D eigenvalue weighted by Crippen LogP contribution is -2.12. The van der Waals surface area contributed by atoms with Gasteiger partial charge in [0.1, 0.15) is 0 Å². The molecule has 1 N–H and O–H groups in total. The molecule has 4 nitrogen and oxygen atoms in total. The monoisotopic (exact) mass is 528 g/mol. The van der Waals surface area contributed by atoms with E-state index in [4.69, 9.17) is 0 Å². The van der Waals surface area contributed by atoms with Gasteiger partial charge in [0, 0.05) is 57.8 Å². The average molecular weight is 529 g/mol. The molecule has 196 valence electrons. The van der Waals surface area contributed by atoms with Crippen molar-refractivity contribution in [2.75, 3.05) is 6.54 Å². The van der Waals surface area contributed by atoms with Crippen molar-refractivity contribution in [2.24, 2.45) is 5.92 Å². The molecule has 2 unspecified atom stereocenters. The summed E-state index contributed by atoms with van der Waals surface area (Å²) in [5.41, 5.74) is 10.2. The van der Waals surface area contributed by atoms with Crippen LogP contribution in [0.15, 0.2) is 103 Å². The first-order chi connectivity index (χ1) is 20.3. The van der Waals surface area contributed by atoms with Crippen LogP contribution in [0.3, 0.4) is 0 Å². The molecule has 2 aromatic heterocycles. The van der Waals surface area contributed by atoms with Gasteiger partial charge in [-0.3, -0.25) is 0 Å². The van der Waals surface area contributed by atoms with E-state index < -0.39 is 0 Å².